The van der Waals surface area contributed by atoms with E-state index in [1.54, 1.807) is 37.9 Å². The third-order valence-corrected chi connectivity index (χ3v) is 6.65. The highest BCUT2D eigenvalue weighted by atomic mass is 35.5. The number of rotatable bonds is 5. The summed E-state index contributed by atoms with van der Waals surface area (Å²) in [4.78, 5) is 16.9. The number of fused-ring (bicyclic) bond motifs is 1. The fourth-order valence-corrected chi connectivity index (χ4v) is 5.40. The first kappa shape index (κ1) is 21.5. The van der Waals surface area contributed by atoms with Crippen molar-refractivity contribution in [3.8, 4) is 0 Å². The summed E-state index contributed by atoms with van der Waals surface area (Å²) in [6.45, 7) is 7.01. The molecule has 0 bridgehead atoms. The van der Waals surface area contributed by atoms with E-state index in [0.29, 0.717) is 5.84 Å². The zero-order valence-corrected chi connectivity index (χ0v) is 17.9. The number of nitrogens with zero attached hydrogens (tertiary/aromatic N) is 2. The first-order valence-corrected chi connectivity index (χ1v) is 10.9. The Morgan fingerprint density at radius 2 is 2.25 bits per heavy atom. The van der Waals surface area contributed by atoms with Crippen LogP contribution in [0.4, 0.5) is 0 Å². The molecule has 0 spiro atoms. The molecule has 0 aromatic carbocycles. The second-order valence-corrected chi connectivity index (χ2v) is 9.92. The average molecular weight is 437 g/mol. The quantitative estimate of drug-likeness (QED) is 0.372. The van der Waals surface area contributed by atoms with Gasteiger partial charge in [0.2, 0.25) is 0 Å². The van der Waals surface area contributed by atoms with Crippen LogP contribution in [0.25, 0.3) is 0 Å². The van der Waals surface area contributed by atoms with Crippen molar-refractivity contribution in [3.05, 3.63) is 12.3 Å². The summed E-state index contributed by atoms with van der Waals surface area (Å²) in [5, 5.41) is 2.61. The van der Waals surface area contributed by atoms with Gasteiger partial charge in [-0.2, -0.15) is 0 Å². The highest BCUT2D eigenvalue weighted by molar-refractivity contribution is 7.51. The Kier molecular flexibility index (Phi) is 6.10. The lowest BCUT2D eigenvalue weighted by molar-refractivity contribution is -0.149. The minimum absolute atomic E-state index is 0.00264. The van der Waals surface area contributed by atoms with Crippen molar-refractivity contribution in [1.29, 1.82) is 0 Å². The normalized spacial score (nSPS) is 38.9. The number of alkyl halides is 1. The van der Waals surface area contributed by atoms with E-state index in [9.17, 15) is 9.36 Å². The van der Waals surface area contributed by atoms with Crippen molar-refractivity contribution in [2.24, 2.45) is 10.7 Å². The van der Waals surface area contributed by atoms with E-state index in [1.807, 2.05) is 0 Å². The summed E-state index contributed by atoms with van der Waals surface area (Å²) in [5.41, 5.74) is 5.65. The molecule has 0 aromatic heterocycles. The fourth-order valence-electron chi connectivity index (χ4n) is 3.21. The van der Waals surface area contributed by atoms with Crippen molar-refractivity contribution in [1.82, 2.24) is 9.99 Å². The predicted octanol–water partition coefficient (Wildman–Crippen LogP) is 1.31. The number of ether oxygens (including phenoxy) is 2. The number of amidine groups is 1. The van der Waals surface area contributed by atoms with Crippen molar-refractivity contribution >= 4 is 31.2 Å². The van der Waals surface area contributed by atoms with Crippen LogP contribution in [0.3, 0.4) is 0 Å². The molecule has 0 saturated carbocycles. The molecule has 0 amide bonds. The van der Waals surface area contributed by atoms with Crippen molar-refractivity contribution in [2.45, 2.75) is 63.2 Å². The fraction of sp³-hybridized carbons (Fsp3) is 0.750. The molecule has 3 rings (SSSR count). The van der Waals surface area contributed by atoms with E-state index in [0.717, 1.165) is 0 Å². The third-order valence-electron chi connectivity index (χ3n) is 4.55. The summed E-state index contributed by atoms with van der Waals surface area (Å²) in [6, 6.07) is -0.883. The highest BCUT2D eigenvalue weighted by Gasteiger charge is 2.60. The van der Waals surface area contributed by atoms with Gasteiger partial charge < -0.3 is 20.1 Å². The van der Waals surface area contributed by atoms with Gasteiger partial charge >= 0.3 is 13.7 Å². The standard InChI is InChI=1S/C16H26ClN4O6P/c1-9(2)25-14(22)10(3)20-28(23)24-7-11-13(27-28)16(4,17)15(26-11)21-6-5-12(18)19-8-21/h5-6,9-11,13,15H,7-8H2,1-4H3,(H2,18,19)(H,20,23). The SMILES string of the molecule is CC(C)OC(=O)C(C)NP1(=O)OCC2OC(N3C=CC(N)=NC3)C(C)(Cl)C2O1. The number of carbonyl (C=O) groups is 1. The number of carbonyl (C=O) groups excluding carboxylic acids is 1. The molecule has 2 saturated heterocycles. The average Bonchev–Trinajstić information content (AvgIpc) is 2.85. The topological polar surface area (TPSA) is 125 Å². The number of nitrogens with two attached hydrogens (primary N) is 1. The van der Waals surface area contributed by atoms with Crippen LogP contribution in [0.2, 0.25) is 0 Å². The monoisotopic (exact) mass is 436 g/mol. The van der Waals surface area contributed by atoms with E-state index in [1.165, 1.54) is 6.92 Å². The molecule has 0 aromatic rings. The molecule has 10 nitrogen and oxygen atoms in total. The van der Waals surface area contributed by atoms with E-state index in [2.05, 4.69) is 10.1 Å². The van der Waals surface area contributed by atoms with E-state index >= 15 is 0 Å². The van der Waals surface area contributed by atoms with Crippen LogP contribution < -0.4 is 10.8 Å². The third kappa shape index (κ3) is 4.37. The molecule has 3 aliphatic heterocycles. The van der Waals surface area contributed by atoms with Crippen LogP contribution in [0, 0.1) is 0 Å². The molecule has 158 valence electrons. The zero-order valence-electron chi connectivity index (χ0n) is 16.2. The molecule has 2 fully saturated rings. The van der Waals surface area contributed by atoms with Crippen molar-refractivity contribution < 1.29 is 27.9 Å². The van der Waals surface area contributed by atoms with Crippen molar-refractivity contribution in [2.75, 3.05) is 13.3 Å². The van der Waals surface area contributed by atoms with Gasteiger partial charge in [-0.3, -0.25) is 13.8 Å². The lowest BCUT2D eigenvalue weighted by Gasteiger charge is -2.37. The highest BCUT2D eigenvalue weighted by Crippen LogP contribution is 2.56. The van der Waals surface area contributed by atoms with Gasteiger partial charge in [0.1, 0.15) is 35.6 Å². The van der Waals surface area contributed by atoms with Crippen LogP contribution in [-0.4, -0.2) is 65.4 Å². The Balaban J connectivity index is 1.69. The van der Waals surface area contributed by atoms with Gasteiger partial charge in [-0.15, -0.1) is 11.6 Å². The Labute approximate surface area is 168 Å². The van der Waals surface area contributed by atoms with Gasteiger partial charge in [-0.05, 0) is 33.8 Å². The molecule has 0 radical (unpaired) electrons. The minimum Gasteiger partial charge on any atom is -0.462 e. The van der Waals surface area contributed by atoms with Gasteiger partial charge in [0.05, 0.1) is 12.7 Å². The minimum atomic E-state index is -3.79. The molecular weight excluding hydrogens is 411 g/mol. The second-order valence-electron chi connectivity index (χ2n) is 7.39. The maximum atomic E-state index is 13.0. The molecule has 6 unspecified atom stereocenters. The van der Waals surface area contributed by atoms with Gasteiger partial charge in [0.25, 0.3) is 0 Å². The zero-order chi connectivity index (χ0) is 20.7. The molecule has 3 aliphatic rings. The Bertz CT molecular complexity index is 730. The van der Waals surface area contributed by atoms with Gasteiger partial charge in [-0.25, -0.2) is 14.6 Å². The molecule has 28 heavy (non-hydrogen) atoms. The van der Waals surface area contributed by atoms with Crippen LogP contribution in [0.1, 0.15) is 27.7 Å². The lowest BCUT2D eigenvalue weighted by atomic mass is 10.0. The van der Waals surface area contributed by atoms with Crippen molar-refractivity contribution in [3.63, 3.8) is 0 Å². The van der Waals surface area contributed by atoms with E-state index in [4.69, 9.17) is 35.9 Å². The molecule has 0 aliphatic carbocycles. The summed E-state index contributed by atoms with van der Waals surface area (Å²) >= 11 is 6.77. The Hall–Kier alpha value is -1.16. The number of hydrogen-bond donors (Lipinski definition) is 2. The number of halogens is 1. The molecule has 3 heterocycles. The van der Waals surface area contributed by atoms with Gasteiger partial charge in [0.15, 0.2) is 6.23 Å². The first-order chi connectivity index (χ1) is 13.0. The smallest absolute Gasteiger partial charge is 0.406 e. The summed E-state index contributed by atoms with van der Waals surface area (Å²) in [5.74, 6) is -0.138. The van der Waals surface area contributed by atoms with Crippen LogP contribution in [0.5, 0.6) is 0 Å². The summed E-state index contributed by atoms with van der Waals surface area (Å²) in [6.07, 6.45) is 1.26. The maximum absolute atomic E-state index is 13.0. The lowest BCUT2D eigenvalue weighted by Crippen LogP contribution is -2.51. The first-order valence-electron chi connectivity index (χ1n) is 9.01. The summed E-state index contributed by atoms with van der Waals surface area (Å²) in [7, 11) is -3.79. The molecule has 3 N–H and O–H groups in total. The number of esters is 1. The van der Waals surface area contributed by atoms with Crippen LogP contribution in [0.15, 0.2) is 17.3 Å². The maximum Gasteiger partial charge on any atom is 0.406 e. The van der Waals surface area contributed by atoms with Crippen LogP contribution >= 0.6 is 19.3 Å². The van der Waals surface area contributed by atoms with E-state index < -0.39 is 43.1 Å². The Morgan fingerprint density at radius 1 is 1.54 bits per heavy atom. The van der Waals surface area contributed by atoms with Gasteiger partial charge in [0, 0.05) is 6.20 Å². The molecule has 12 heteroatoms. The number of nitrogens with one attached hydrogen (secondary N) is 1. The van der Waals surface area contributed by atoms with E-state index in [-0.39, 0.29) is 19.4 Å². The number of hydrogen-bond acceptors (Lipinski definition) is 9. The number of aliphatic imine (C=N–C) groups is 1. The van der Waals surface area contributed by atoms with Crippen LogP contribution in [-0.2, 0) is 27.9 Å². The molecular formula is C16H26ClN4O6P. The Morgan fingerprint density at radius 3 is 2.86 bits per heavy atom. The predicted molar refractivity (Wildman–Crippen MR) is 103 cm³/mol. The second kappa shape index (κ2) is 7.93. The van der Waals surface area contributed by atoms with Gasteiger partial charge in [-0.1, -0.05) is 0 Å². The molecule has 6 atom stereocenters. The summed E-state index contributed by atoms with van der Waals surface area (Å²) < 4.78 is 35.3. The largest absolute Gasteiger partial charge is 0.462 e.